The standard InChI is InChI=1S/C25H21NO2/c1-17-7-5-9-19(13-17)15-26-16-22(24(27)20-10-6-8-18(2)14-20)25(28)21-11-3-4-12-23(21)26/h3-14,16H,15H2,1-2H3. The predicted octanol–water partition coefficient (Wildman–Crippen LogP) is 4.90. The summed E-state index contributed by atoms with van der Waals surface area (Å²) in [6.45, 7) is 4.59. The number of carbonyl (C=O) groups excluding carboxylic acids is 1. The van der Waals surface area contributed by atoms with Gasteiger partial charge in [-0.25, -0.2) is 0 Å². The van der Waals surface area contributed by atoms with Crippen LogP contribution in [-0.4, -0.2) is 10.4 Å². The molecule has 0 amide bonds. The third kappa shape index (κ3) is 3.39. The second-order valence-corrected chi connectivity index (χ2v) is 7.20. The highest BCUT2D eigenvalue weighted by Gasteiger charge is 2.17. The molecular weight excluding hydrogens is 346 g/mol. The van der Waals surface area contributed by atoms with E-state index in [1.807, 2.05) is 54.0 Å². The number of rotatable bonds is 4. The Morgan fingerprint density at radius 3 is 2.32 bits per heavy atom. The van der Waals surface area contributed by atoms with Gasteiger partial charge in [0.15, 0.2) is 5.78 Å². The summed E-state index contributed by atoms with van der Waals surface area (Å²) in [4.78, 5) is 26.2. The maximum atomic E-state index is 13.1. The molecule has 0 atom stereocenters. The molecule has 0 N–H and O–H groups in total. The highest BCUT2D eigenvalue weighted by atomic mass is 16.1. The summed E-state index contributed by atoms with van der Waals surface area (Å²) in [5, 5.41) is 0.564. The Balaban J connectivity index is 1.89. The van der Waals surface area contributed by atoms with Crippen molar-refractivity contribution in [2.75, 3.05) is 0 Å². The Bertz CT molecular complexity index is 1250. The van der Waals surface area contributed by atoms with Gasteiger partial charge >= 0.3 is 0 Å². The number of nitrogens with zero attached hydrogens (tertiary/aromatic N) is 1. The van der Waals surface area contributed by atoms with Crippen LogP contribution < -0.4 is 5.43 Å². The van der Waals surface area contributed by atoms with Crippen molar-refractivity contribution < 1.29 is 4.79 Å². The molecule has 0 saturated heterocycles. The van der Waals surface area contributed by atoms with Gasteiger partial charge in [0, 0.05) is 23.7 Å². The molecule has 138 valence electrons. The zero-order chi connectivity index (χ0) is 19.7. The maximum Gasteiger partial charge on any atom is 0.200 e. The fourth-order valence-corrected chi connectivity index (χ4v) is 3.59. The van der Waals surface area contributed by atoms with Crippen LogP contribution in [0.5, 0.6) is 0 Å². The van der Waals surface area contributed by atoms with E-state index in [9.17, 15) is 9.59 Å². The maximum absolute atomic E-state index is 13.1. The van der Waals surface area contributed by atoms with Crippen LogP contribution in [0.25, 0.3) is 10.9 Å². The second-order valence-electron chi connectivity index (χ2n) is 7.20. The fourth-order valence-electron chi connectivity index (χ4n) is 3.59. The average molecular weight is 367 g/mol. The molecule has 3 nitrogen and oxygen atoms in total. The Labute approximate surface area is 163 Å². The van der Waals surface area contributed by atoms with Gasteiger partial charge < -0.3 is 4.57 Å². The smallest absolute Gasteiger partial charge is 0.200 e. The van der Waals surface area contributed by atoms with Crippen molar-refractivity contribution in [2.24, 2.45) is 0 Å². The Kier molecular flexibility index (Phi) is 4.66. The van der Waals surface area contributed by atoms with E-state index in [1.165, 1.54) is 5.56 Å². The molecule has 0 spiro atoms. The van der Waals surface area contributed by atoms with E-state index in [0.717, 1.165) is 16.6 Å². The molecule has 0 unspecified atom stereocenters. The van der Waals surface area contributed by atoms with Crippen LogP contribution in [0, 0.1) is 13.8 Å². The number of ketones is 1. The lowest BCUT2D eigenvalue weighted by atomic mass is 10.0. The first kappa shape index (κ1) is 17.9. The van der Waals surface area contributed by atoms with Gasteiger partial charge in [-0.1, -0.05) is 65.7 Å². The normalized spacial score (nSPS) is 10.9. The second kappa shape index (κ2) is 7.28. The van der Waals surface area contributed by atoms with Crippen molar-refractivity contribution in [2.45, 2.75) is 20.4 Å². The molecule has 0 bridgehead atoms. The molecule has 28 heavy (non-hydrogen) atoms. The van der Waals surface area contributed by atoms with E-state index in [0.29, 0.717) is 17.5 Å². The van der Waals surface area contributed by atoms with Crippen molar-refractivity contribution in [3.63, 3.8) is 0 Å². The molecule has 3 aromatic carbocycles. The lowest BCUT2D eigenvalue weighted by Crippen LogP contribution is -2.20. The van der Waals surface area contributed by atoms with Crippen LogP contribution in [-0.2, 0) is 6.54 Å². The molecule has 0 fully saturated rings. The van der Waals surface area contributed by atoms with Crippen LogP contribution in [0.2, 0.25) is 0 Å². The van der Waals surface area contributed by atoms with E-state index in [-0.39, 0.29) is 16.8 Å². The first-order chi connectivity index (χ1) is 13.5. The Morgan fingerprint density at radius 2 is 1.57 bits per heavy atom. The van der Waals surface area contributed by atoms with Gasteiger partial charge in [-0.2, -0.15) is 0 Å². The van der Waals surface area contributed by atoms with Gasteiger partial charge in [-0.3, -0.25) is 9.59 Å². The van der Waals surface area contributed by atoms with Crippen molar-refractivity contribution in [3.05, 3.63) is 117 Å². The lowest BCUT2D eigenvalue weighted by molar-refractivity contribution is 0.103. The van der Waals surface area contributed by atoms with Gasteiger partial charge in [0.25, 0.3) is 0 Å². The first-order valence-electron chi connectivity index (χ1n) is 9.32. The molecule has 4 rings (SSSR count). The third-order valence-corrected chi connectivity index (χ3v) is 4.95. The monoisotopic (exact) mass is 367 g/mol. The third-order valence-electron chi connectivity index (χ3n) is 4.95. The lowest BCUT2D eigenvalue weighted by Gasteiger charge is -2.14. The topological polar surface area (TPSA) is 39.1 Å². The van der Waals surface area contributed by atoms with E-state index < -0.39 is 0 Å². The number of hydrogen-bond acceptors (Lipinski definition) is 2. The van der Waals surface area contributed by atoms with Crippen LogP contribution in [0.15, 0.2) is 83.8 Å². The van der Waals surface area contributed by atoms with Crippen LogP contribution in [0.3, 0.4) is 0 Å². The fraction of sp³-hybridized carbons (Fsp3) is 0.120. The number of hydrogen-bond donors (Lipinski definition) is 0. The summed E-state index contributed by atoms with van der Waals surface area (Å²) in [6.07, 6.45) is 1.71. The molecule has 3 heteroatoms. The molecule has 1 heterocycles. The SMILES string of the molecule is Cc1cccc(Cn2cc(C(=O)c3cccc(C)c3)c(=O)c3ccccc32)c1. The minimum absolute atomic E-state index is 0.206. The van der Waals surface area contributed by atoms with Crippen LogP contribution >= 0.6 is 0 Å². The van der Waals surface area contributed by atoms with Crippen molar-refractivity contribution >= 4 is 16.7 Å². The summed E-state index contributed by atoms with van der Waals surface area (Å²) < 4.78 is 1.99. The quantitative estimate of drug-likeness (QED) is 0.481. The van der Waals surface area contributed by atoms with Gasteiger partial charge in [-0.15, -0.1) is 0 Å². The van der Waals surface area contributed by atoms with Crippen LogP contribution in [0.4, 0.5) is 0 Å². The first-order valence-corrected chi connectivity index (χ1v) is 9.32. The summed E-state index contributed by atoms with van der Waals surface area (Å²) in [7, 11) is 0. The van der Waals surface area contributed by atoms with Crippen molar-refractivity contribution in [1.29, 1.82) is 0 Å². The summed E-state index contributed by atoms with van der Waals surface area (Å²) in [5.74, 6) is -0.238. The number of aromatic nitrogens is 1. The van der Waals surface area contributed by atoms with E-state index in [2.05, 4.69) is 25.1 Å². The van der Waals surface area contributed by atoms with Crippen molar-refractivity contribution in [3.8, 4) is 0 Å². The molecule has 0 aliphatic carbocycles. The average Bonchev–Trinajstić information content (AvgIpc) is 2.70. The van der Waals surface area contributed by atoms with Gasteiger partial charge in [-0.05, 0) is 37.6 Å². The number of fused-ring (bicyclic) bond motifs is 1. The molecule has 0 radical (unpaired) electrons. The predicted molar refractivity (Wildman–Crippen MR) is 113 cm³/mol. The molecule has 1 aromatic heterocycles. The number of pyridine rings is 1. The largest absolute Gasteiger partial charge is 0.342 e. The van der Waals surface area contributed by atoms with Gasteiger partial charge in [0.1, 0.15) is 0 Å². The number of carbonyl (C=O) groups is 1. The highest BCUT2D eigenvalue weighted by Crippen LogP contribution is 2.17. The zero-order valence-electron chi connectivity index (χ0n) is 16.0. The number of benzene rings is 3. The van der Waals surface area contributed by atoms with Gasteiger partial charge in [0.05, 0.1) is 11.1 Å². The van der Waals surface area contributed by atoms with E-state index in [1.54, 1.807) is 18.3 Å². The minimum atomic E-state index is -0.238. The Hall–Kier alpha value is -3.46. The van der Waals surface area contributed by atoms with Gasteiger partial charge in [0.2, 0.25) is 5.43 Å². The van der Waals surface area contributed by atoms with Crippen molar-refractivity contribution in [1.82, 2.24) is 4.57 Å². The summed E-state index contributed by atoms with van der Waals surface area (Å²) >= 11 is 0. The minimum Gasteiger partial charge on any atom is -0.342 e. The molecule has 0 aliphatic heterocycles. The number of para-hydroxylation sites is 1. The molecule has 4 aromatic rings. The van der Waals surface area contributed by atoms with Crippen LogP contribution in [0.1, 0.15) is 32.6 Å². The van der Waals surface area contributed by atoms with E-state index in [4.69, 9.17) is 0 Å². The molecule has 0 aliphatic rings. The van der Waals surface area contributed by atoms with E-state index >= 15 is 0 Å². The highest BCUT2D eigenvalue weighted by molar-refractivity contribution is 6.10. The zero-order valence-corrected chi connectivity index (χ0v) is 16.0. The molecular formula is C25H21NO2. The number of aryl methyl sites for hydroxylation is 2. The molecule has 0 saturated carbocycles. The summed E-state index contributed by atoms with van der Waals surface area (Å²) in [6, 6.07) is 23.1. The summed E-state index contributed by atoms with van der Waals surface area (Å²) in [5.41, 5.74) is 4.65. The Morgan fingerprint density at radius 1 is 0.857 bits per heavy atom.